The molecule has 0 aromatic heterocycles. The van der Waals surface area contributed by atoms with Crippen LogP contribution in [0.5, 0.6) is 0 Å². The van der Waals surface area contributed by atoms with Gasteiger partial charge < -0.3 is 20.1 Å². The average Bonchev–Trinajstić information content (AvgIpc) is 2.14. The lowest BCUT2D eigenvalue weighted by molar-refractivity contribution is -0.127. The highest BCUT2D eigenvalue weighted by Crippen LogP contribution is 1.99. The van der Waals surface area contributed by atoms with Crippen LogP contribution in [0.15, 0.2) is 0 Å². The van der Waals surface area contributed by atoms with E-state index in [1.807, 2.05) is 27.7 Å². The Balaban J connectivity index is 3.92. The summed E-state index contributed by atoms with van der Waals surface area (Å²) < 4.78 is 10.2. The van der Waals surface area contributed by atoms with Crippen molar-refractivity contribution in [3.63, 3.8) is 0 Å². The van der Waals surface area contributed by atoms with Crippen LogP contribution in [0.2, 0.25) is 0 Å². The lowest BCUT2D eigenvalue weighted by atomic mass is 10.1. The van der Waals surface area contributed by atoms with E-state index in [-0.39, 0.29) is 30.3 Å². The Bertz CT molecular complexity index is 210. The normalized spacial score (nSPS) is 13.9. The minimum Gasteiger partial charge on any atom is -0.354 e. The van der Waals surface area contributed by atoms with Gasteiger partial charge in [-0.15, -0.1) is 0 Å². The van der Waals surface area contributed by atoms with Gasteiger partial charge in [0.25, 0.3) is 0 Å². The molecule has 0 aliphatic rings. The van der Waals surface area contributed by atoms with E-state index in [9.17, 15) is 4.79 Å². The van der Waals surface area contributed by atoms with Crippen LogP contribution in [0.4, 0.5) is 0 Å². The first-order chi connectivity index (χ1) is 7.30. The molecule has 5 heteroatoms. The summed E-state index contributed by atoms with van der Waals surface area (Å²) in [7, 11) is 3.14. The number of carbonyl (C=O) groups is 1. The van der Waals surface area contributed by atoms with E-state index in [4.69, 9.17) is 9.47 Å². The second-order valence-electron chi connectivity index (χ2n) is 4.81. The summed E-state index contributed by atoms with van der Waals surface area (Å²) in [6.07, 6.45) is -0.345. The fourth-order valence-electron chi connectivity index (χ4n) is 1.32. The molecule has 0 aromatic rings. The lowest BCUT2D eigenvalue weighted by Gasteiger charge is -2.24. The highest BCUT2D eigenvalue weighted by atomic mass is 16.7. The highest BCUT2D eigenvalue weighted by Gasteiger charge is 2.18. The zero-order chi connectivity index (χ0) is 12.8. The highest BCUT2D eigenvalue weighted by molar-refractivity contribution is 5.78. The summed E-state index contributed by atoms with van der Waals surface area (Å²) in [6, 6.07) is -0.0410. The molecule has 0 fully saturated rings. The van der Waals surface area contributed by atoms with Gasteiger partial charge in [-0.1, -0.05) is 0 Å². The maximum absolute atomic E-state index is 11.5. The van der Waals surface area contributed by atoms with Crippen LogP contribution in [0.1, 0.15) is 27.7 Å². The number of carbonyl (C=O) groups excluding carboxylic acids is 1. The van der Waals surface area contributed by atoms with Crippen LogP contribution in [-0.2, 0) is 14.3 Å². The molecular weight excluding hydrogens is 208 g/mol. The molecule has 1 amide bonds. The predicted octanol–water partition coefficient (Wildman–Crippen LogP) is 0.498. The maximum Gasteiger partial charge on any atom is 0.234 e. The molecule has 5 nitrogen and oxygen atoms in total. The first-order valence-electron chi connectivity index (χ1n) is 5.40. The predicted molar refractivity (Wildman–Crippen MR) is 63.2 cm³/mol. The number of hydrogen-bond donors (Lipinski definition) is 2. The topological polar surface area (TPSA) is 59.6 Å². The van der Waals surface area contributed by atoms with Gasteiger partial charge in [0.1, 0.15) is 0 Å². The largest absolute Gasteiger partial charge is 0.354 e. The van der Waals surface area contributed by atoms with Gasteiger partial charge in [0.2, 0.25) is 5.91 Å². The van der Waals surface area contributed by atoms with Crippen LogP contribution >= 0.6 is 0 Å². The molecule has 0 radical (unpaired) electrons. The standard InChI is InChI=1S/C11H24N2O3/c1-8(10(15-5)16-6)12-7-9(14)13-11(2,3)4/h8,10,12H,7H2,1-6H3,(H,13,14). The second kappa shape index (κ2) is 6.83. The van der Waals surface area contributed by atoms with Gasteiger partial charge in [-0.3, -0.25) is 4.79 Å². The first-order valence-corrected chi connectivity index (χ1v) is 5.40. The molecule has 0 saturated heterocycles. The van der Waals surface area contributed by atoms with E-state index >= 15 is 0 Å². The number of nitrogens with one attached hydrogen (secondary N) is 2. The molecule has 1 atom stereocenters. The van der Waals surface area contributed by atoms with Crippen molar-refractivity contribution >= 4 is 5.91 Å². The summed E-state index contributed by atoms with van der Waals surface area (Å²) in [5.41, 5.74) is -0.204. The number of ether oxygens (including phenoxy) is 2. The summed E-state index contributed by atoms with van der Waals surface area (Å²) >= 11 is 0. The zero-order valence-corrected chi connectivity index (χ0v) is 11.1. The van der Waals surface area contributed by atoms with Crippen LogP contribution in [0.25, 0.3) is 0 Å². The van der Waals surface area contributed by atoms with Crippen molar-refractivity contribution in [3.05, 3.63) is 0 Å². The molecule has 2 N–H and O–H groups in total. The van der Waals surface area contributed by atoms with Gasteiger partial charge in [0.15, 0.2) is 6.29 Å². The lowest BCUT2D eigenvalue weighted by Crippen LogP contribution is -2.48. The third-order valence-electron chi connectivity index (χ3n) is 1.97. The first kappa shape index (κ1) is 15.3. The van der Waals surface area contributed by atoms with E-state index in [0.29, 0.717) is 0 Å². The fraction of sp³-hybridized carbons (Fsp3) is 0.909. The van der Waals surface area contributed by atoms with Crippen molar-refractivity contribution in [1.29, 1.82) is 0 Å². The van der Waals surface area contributed by atoms with Crippen LogP contribution in [0, 0.1) is 0 Å². The Morgan fingerprint density at radius 1 is 1.25 bits per heavy atom. The van der Waals surface area contributed by atoms with Crippen molar-refractivity contribution < 1.29 is 14.3 Å². The van der Waals surface area contributed by atoms with Crippen LogP contribution < -0.4 is 10.6 Å². The molecule has 0 spiro atoms. The monoisotopic (exact) mass is 232 g/mol. The van der Waals surface area contributed by atoms with Gasteiger partial charge in [-0.05, 0) is 27.7 Å². The van der Waals surface area contributed by atoms with Gasteiger partial charge in [0.05, 0.1) is 12.6 Å². The minimum absolute atomic E-state index is 0.0368. The zero-order valence-electron chi connectivity index (χ0n) is 11.1. The van der Waals surface area contributed by atoms with Gasteiger partial charge in [-0.2, -0.15) is 0 Å². The van der Waals surface area contributed by atoms with E-state index in [1.54, 1.807) is 14.2 Å². The molecule has 0 saturated carbocycles. The van der Waals surface area contributed by atoms with Gasteiger partial charge in [0, 0.05) is 19.8 Å². The molecule has 0 aromatic carbocycles. The SMILES string of the molecule is COC(OC)C(C)NCC(=O)NC(C)(C)C. The molecular formula is C11H24N2O3. The van der Waals surface area contributed by atoms with Crippen molar-refractivity contribution in [2.24, 2.45) is 0 Å². The third-order valence-corrected chi connectivity index (χ3v) is 1.97. The van der Waals surface area contributed by atoms with E-state index < -0.39 is 0 Å². The number of amides is 1. The Morgan fingerprint density at radius 2 is 1.75 bits per heavy atom. The van der Waals surface area contributed by atoms with E-state index in [2.05, 4.69) is 10.6 Å². The molecule has 0 heterocycles. The smallest absolute Gasteiger partial charge is 0.234 e. The molecule has 16 heavy (non-hydrogen) atoms. The Morgan fingerprint density at radius 3 is 2.12 bits per heavy atom. The van der Waals surface area contributed by atoms with E-state index in [1.165, 1.54) is 0 Å². The van der Waals surface area contributed by atoms with Crippen molar-refractivity contribution in [2.45, 2.75) is 45.6 Å². The third kappa shape index (κ3) is 6.76. The Labute approximate surface area is 97.9 Å². The van der Waals surface area contributed by atoms with Gasteiger partial charge >= 0.3 is 0 Å². The Hall–Kier alpha value is -0.650. The number of hydrogen-bond acceptors (Lipinski definition) is 4. The summed E-state index contributed by atoms with van der Waals surface area (Å²) in [4.78, 5) is 11.5. The van der Waals surface area contributed by atoms with Crippen molar-refractivity contribution in [3.8, 4) is 0 Å². The van der Waals surface area contributed by atoms with Crippen molar-refractivity contribution in [1.82, 2.24) is 10.6 Å². The van der Waals surface area contributed by atoms with Crippen LogP contribution in [0.3, 0.4) is 0 Å². The van der Waals surface area contributed by atoms with Crippen molar-refractivity contribution in [2.75, 3.05) is 20.8 Å². The molecule has 0 aliphatic heterocycles. The van der Waals surface area contributed by atoms with Gasteiger partial charge in [-0.25, -0.2) is 0 Å². The molecule has 96 valence electrons. The summed E-state index contributed by atoms with van der Waals surface area (Å²) in [6.45, 7) is 7.99. The molecule has 0 aliphatic carbocycles. The van der Waals surface area contributed by atoms with E-state index in [0.717, 1.165) is 0 Å². The number of rotatable bonds is 6. The molecule has 0 bridgehead atoms. The maximum atomic E-state index is 11.5. The second-order valence-corrected chi connectivity index (χ2v) is 4.81. The fourth-order valence-corrected chi connectivity index (χ4v) is 1.32. The Kier molecular flexibility index (Phi) is 6.55. The molecule has 1 unspecified atom stereocenters. The quantitative estimate of drug-likeness (QED) is 0.655. The average molecular weight is 232 g/mol. The summed E-state index contributed by atoms with van der Waals surface area (Å²) in [5, 5.41) is 5.91. The number of methoxy groups -OCH3 is 2. The van der Waals surface area contributed by atoms with Crippen LogP contribution in [-0.4, -0.2) is 44.5 Å². The minimum atomic E-state index is -0.345. The molecule has 0 rings (SSSR count). The summed E-state index contributed by atoms with van der Waals surface area (Å²) in [5.74, 6) is -0.0368.